The summed E-state index contributed by atoms with van der Waals surface area (Å²) < 4.78 is 0. The summed E-state index contributed by atoms with van der Waals surface area (Å²) in [5.41, 5.74) is 7.67. The van der Waals surface area contributed by atoms with Crippen molar-refractivity contribution in [1.29, 1.82) is 0 Å². The topological polar surface area (TPSA) is 122 Å². The van der Waals surface area contributed by atoms with Crippen molar-refractivity contribution in [2.24, 2.45) is 5.73 Å². The molecule has 0 bridgehead atoms. The zero-order valence-electron chi connectivity index (χ0n) is 16.3. The second kappa shape index (κ2) is 8.04. The predicted molar refractivity (Wildman–Crippen MR) is 105 cm³/mol. The lowest BCUT2D eigenvalue weighted by Gasteiger charge is -2.28. The number of nitrogens with zero attached hydrogens (tertiary/aromatic N) is 1. The smallest absolute Gasteiger partial charge is 0.262 e. The molecule has 3 aliphatic rings. The Balaban J connectivity index is 1.55. The molecule has 1 saturated heterocycles. The van der Waals surface area contributed by atoms with E-state index in [1.807, 2.05) is 6.07 Å². The Morgan fingerprint density at radius 2 is 1.83 bits per heavy atom. The van der Waals surface area contributed by atoms with Gasteiger partial charge in [-0.3, -0.25) is 29.4 Å². The molecule has 154 valence electrons. The van der Waals surface area contributed by atoms with Crippen LogP contribution in [0.3, 0.4) is 0 Å². The maximum Gasteiger partial charge on any atom is 0.262 e. The van der Waals surface area contributed by atoms with Crippen molar-refractivity contribution in [2.75, 3.05) is 0 Å². The highest BCUT2D eigenvalue weighted by Crippen LogP contribution is 2.30. The van der Waals surface area contributed by atoms with Crippen LogP contribution in [0.4, 0.5) is 0 Å². The summed E-state index contributed by atoms with van der Waals surface area (Å²) in [5.74, 6) is -1.93. The summed E-state index contributed by atoms with van der Waals surface area (Å²) in [6, 6.07) is 4.49. The quantitative estimate of drug-likeness (QED) is 0.510. The van der Waals surface area contributed by atoms with Gasteiger partial charge in [-0.2, -0.15) is 0 Å². The fourth-order valence-electron chi connectivity index (χ4n) is 4.56. The van der Waals surface area contributed by atoms with Crippen molar-refractivity contribution in [3.8, 4) is 0 Å². The van der Waals surface area contributed by atoms with E-state index in [4.69, 9.17) is 5.73 Å². The first-order chi connectivity index (χ1) is 14.0. The van der Waals surface area contributed by atoms with Crippen LogP contribution in [0, 0.1) is 0 Å². The molecule has 8 nitrogen and oxygen atoms in total. The zero-order chi connectivity index (χ0) is 20.5. The Kier molecular flexibility index (Phi) is 5.47. The van der Waals surface area contributed by atoms with Gasteiger partial charge in [-0.25, -0.2) is 0 Å². The van der Waals surface area contributed by atoms with Gasteiger partial charge in [0, 0.05) is 25.0 Å². The lowest BCUT2D eigenvalue weighted by atomic mass is 10.0. The molecular formula is C21H26N4O4. The minimum Gasteiger partial charge on any atom is -0.326 e. The number of rotatable bonds is 4. The third-order valence-electron chi connectivity index (χ3n) is 6.18. The molecule has 4 rings (SSSR count). The molecular weight excluding hydrogens is 372 g/mol. The molecule has 1 aliphatic carbocycles. The number of nitrogens with one attached hydrogen (secondary N) is 2. The molecule has 0 aromatic heterocycles. The van der Waals surface area contributed by atoms with Crippen LogP contribution in [0.25, 0.3) is 0 Å². The van der Waals surface area contributed by atoms with E-state index in [2.05, 4.69) is 10.6 Å². The largest absolute Gasteiger partial charge is 0.326 e. The van der Waals surface area contributed by atoms with Gasteiger partial charge in [0.1, 0.15) is 6.04 Å². The van der Waals surface area contributed by atoms with Gasteiger partial charge in [0.2, 0.25) is 11.8 Å². The summed E-state index contributed by atoms with van der Waals surface area (Å²) in [6.45, 7) is 0.434. The first kappa shape index (κ1) is 19.7. The fourth-order valence-corrected chi connectivity index (χ4v) is 4.56. The lowest BCUT2D eigenvalue weighted by Crippen LogP contribution is -2.54. The number of hydrogen-bond donors (Lipinski definition) is 3. The second-order valence-corrected chi connectivity index (χ2v) is 8.08. The number of carbonyl (C=O) groups excluding carboxylic acids is 4. The third-order valence-corrected chi connectivity index (χ3v) is 6.18. The number of fused-ring (bicyclic) bond motifs is 1. The first-order valence-corrected chi connectivity index (χ1v) is 10.3. The lowest BCUT2D eigenvalue weighted by molar-refractivity contribution is -0.136. The van der Waals surface area contributed by atoms with E-state index in [-0.39, 0.29) is 30.8 Å². The van der Waals surface area contributed by atoms with Gasteiger partial charge < -0.3 is 11.1 Å². The molecule has 0 spiro atoms. The summed E-state index contributed by atoms with van der Waals surface area (Å²) in [6.07, 6.45) is 5.67. The van der Waals surface area contributed by atoms with Gasteiger partial charge >= 0.3 is 0 Å². The molecule has 4 amide bonds. The van der Waals surface area contributed by atoms with Crippen LogP contribution in [0.2, 0.25) is 0 Å². The summed E-state index contributed by atoms with van der Waals surface area (Å²) in [4.78, 5) is 50.6. The van der Waals surface area contributed by atoms with Gasteiger partial charge in [-0.15, -0.1) is 0 Å². The van der Waals surface area contributed by atoms with Crippen LogP contribution in [0.15, 0.2) is 18.2 Å². The number of amides is 4. The molecule has 2 aliphatic heterocycles. The maximum absolute atomic E-state index is 13.1. The normalized spacial score (nSPS) is 27.6. The number of carbonyl (C=O) groups is 4. The van der Waals surface area contributed by atoms with Crippen LogP contribution >= 0.6 is 0 Å². The van der Waals surface area contributed by atoms with E-state index in [1.54, 1.807) is 12.1 Å². The molecule has 2 fully saturated rings. The highest BCUT2D eigenvalue weighted by molar-refractivity contribution is 6.24. The third kappa shape index (κ3) is 3.70. The average molecular weight is 398 g/mol. The molecule has 29 heavy (non-hydrogen) atoms. The monoisotopic (exact) mass is 398 g/mol. The van der Waals surface area contributed by atoms with E-state index >= 15 is 0 Å². The van der Waals surface area contributed by atoms with Crippen LogP contribution in [0.1, 0.15) is 71.2 Å². The number of piperidine rings is 1. The molecule has 1 saturated carbocycles. The van der Waals surface area contributed by atoms with Gasteiger partial charge in [0.15, 0.2) is 0 Å². The van der Waals surface area contributed by atoms with E-state index in [0.717, 1.165) is 36.1 Å². The van der Waals surface area contributed by atoms with Gasteiger partial charge in [0.05, 0.1) is 11.1 Å². The summed E-state index contributed by atoms with van der Waals surface area (Å²) in [7, 11) is 0. The van der Waals surface area contributed by atoms with Crippen molar-refractivity contribution in [1.82, 2.24) is 15.5 Å². The van der Waals surface area contributed by atoms with E-state index < -0.39 is 23.8 Å². The molecule has 2 heterocycles. The summed E-state index contributed by atoms with van der Waals surface area (Å²) >= 11 is 0. The number of nitrogens with two attached hydrogens (primary N) is 1. The minimum absolute atomic E-state index is 0.0755. The molecule has 1 aromatic carbocycles. The van der Waals surface area contributed by atoms with Crippen LogP contribution in [-0.4, -0.2) is 46.7 Å². The average Bonchev–Trinajstić information content (AvgIpc) is 2.82. The van der Waals surface area contributed by atoms with Crippen LogP contribution in [-0.2, 0) is 16.1 Å². The standard InChI is InChI=1S/C21H26N4O4/c22-14-7-2-1-3-8-15(14)23-11-12-5-4-6-13-18(12)21(29)25(20(13)28)16-9-10-17(26)24-19(16)27/h4-6,14-16,23H,1-3,7-11,22H2,(H,24,26,27)/t14-,15-,16?/m1/s1. The van der Waals surface area contributed by atoms with E-state index in [9.17, 15) is 19.2 Å². The second-order valence-electron chi connectivity index (χ2n) is 8.08. The van der Waals surface area contributed by atoms with Crippen LogP contribution < -0.4 is 16.4 Å². The maximum atomic E-state index is 13.1. The summed E-state index contributed by atoms with van der Waals surface area (Å²) in [5, 5.41) is 5.69. The van der Waals surface area contributed by atoms with Crippen molar-refractivity contribution in [3.05, 3.63) is 34.9 Å². The molecule has 1 aromatic rings. The molecule has 0 radical (unpaired) electrons. The highest BCUT2D eigenvalue weighted by atomic mass is 16.2. The van der Waals surface area contributed by atoms with Crippen molar-refractivity contribution >= 4 is 23.6 Å². The van der Waals surface area contributed by atoms with Crippen molar-refractivity contribution in [2.45, 2.75) is 69.6 Å². The van der Waals surface area contributed by atoms with Gasteiger partial charge in [-0.05, 0) is 30.9 Å². The Bertz CT molecular complexity index is 868. The Morgan fingerprint density at radius 1 is 1.03 bits per heavy atom. The molecule has 4 N–H and O–H groups in total. The Hall–Kier alpha value is -2.58. The van der Waals surface area contributed by atoms with Crippen molar-refractivity contribution in [3.63, 3.8) is 0 Å². The predicted octanol–water partition coefficient (Wildman–Crippen LogP) is 0.837. The fraction of sp³-hybridized carbons (Fsp3) is 0.524. The number of benzene rings is 1. The van der Waals surface area contributed by atoms with Gasteiger partial charge in [-0.1, -0.05) is 31.4 Å². The van der Waals surface area contributed by atoms with E-state index in [0.29, 0.717) is 17.7 Å². The Morgan fingerprint density at radius 3 is 2.62 bits per heavy atom. The molecule has 3 atom stereocenters. The molecule has 8 heteroatoms. The zero-order valence-corrected chi connectivity index (χ0v) is 16.3. The minimum atomic E-state index is -0.948. The SMILES string of the molecule is N[C@@H]1CCCCC[C@H]1NCc1cccc2c1C(=O)N(C1CCC(=O)NC1=O)C2=O. The van der Waals surface area contributed by atoms with Crippen LogP contribution in [0.5, 0.6) is 0 Å². The van der Waals surface area contributed by atoms with Gasteiger partial charge in [0.25, 0.3) is 11.8 Å². The molecule has 1 unspecified atom stereocenters. The Labute approximate surface area is 169 Å². The van der Waals surface area contributed by atoms with E-state index in [1.165, 1.54) is 6.42 Å². The number of hydrogen-bond acceptors (Lipinski definition) is 6. The number of imide groups is 2. The highest BCUT2D eigenvalue weighted by Gasteiger charge is 2.45. The van der Waals surface area contributed by atoms with Crippen molar-refractivity contribution < 1.29 is 19.2 Å². The first-order valence-electron chi connectivity index (χ1n) is 10.3.